The molecule has 0 saturated heterocycles. The number of rotatable bonds is 4. The van der Waals surface area contributed by atoms with Crippen molar-refractivity contribution in [2.24, 2.45) is 0 Å². The van der Waals surface area contributed by atoms with E-state index in [1.807, 2.05) is 55.1 Å². The van der Waals surface area contributed by atoms with E-state index in [1.165, 1.54) is 0 Å². The van der Waals surface area contributed by atoms with Crippen LogP contribution in [-0.2, 0) is 6.54 Å². The summed E-state index contributed by atoms with van der Waals surface area (Å²) >= 11 is 2.22. The Bertz CT molecular complexity index is 584. The molecular weight excluding hydrogens is 363 g/mol. The van der Waals surface area contributed by atoms with Crippen LogP contribution in [-0.4, -0.2) is 21.8 Å². The molecule has 4 heteroatoms. The first kappa shape index (κ1) is 15.0. The van der Waals surface area contributed by atoms with E-state index >= 15 is 0 Å². The van der Waals surface area contributed by atoms with E-state index in [0.29, 0.717) is 6.54 Å². The molecule has 1 heterocycles. The standard InChI is InChI=1S/C16H17IN2O/c1-12(2)19(11-13-5-4-8-18-10-13)16(20)14-6-3-7-15(17)9-14/h3-10,12H,11H2,1-2H3. The molecule has 1 amide bonds. The van der Waals surface area contributed by atoms with Gasteiger partial charge in [0.15, 0.2) is 0 Å². The fourth-order valence-electron chi connectivity index (χ4n) is 1.96. The normalized spacial score (nSPS) is 10.6. The van der Waals surface area contributed by atoms with E-state index in [-0.39, 0.29) is 11.9 Å². The zero-order chi connectivity index (χ0) is 14.5. The number of carbonyl (C=O) groups is 1. The molecule has 104 valence electrons. The number of hydrogen-bond donors (Lipinski definition) is 0. The highest BCUT2D eigenvalue weighted by Crippen LogP contribution is 2.15. The van der Waals surface area contributed by atoms with Gasteiger partial charge in [-0.15, -0.1) is 0 Å². The first-order valence-electron chi connectivity index (χ1n) is 6.53. The Balaban J connectivity index is 2.23. The van der Waals surface area contributed by atoms with Gasteiger partial charge in [-0.2, -0.15) is 0 Å². The quantitative estimate of drug-likeness (QED) is 0.758. The van der Waals surface area contributed by atoms with Crippen LogP contribution in [0.4, 0.5) is 0 Å². The maximum Gasteiger partial charge on any atom is 0.254 e. The van der Waals surface area contributed by atoms with Crippen molar-refractivity contribution in [3.05, 3.63) is 63.5 Å². The van der Waals surface area contributed by atoms with E-state index in [1.54, 1.807) is 12.4 Å². The van der Waals surface area contributed by atoms with Crippen LogP contribution in [0.25, 0.3) is 0 Å². The molecule has 1 aromatic carbocycles. The van der Waals surface area contributed by atoms with Gasteiger partial charge >= 0.3 is 0 Å². The van der Waals surface area contributed by atoms with Gasteiger partial charge in [0.1, 0.15) is 0 Å². The summed E-state index contributed by atoms with van der Waals surface area (Å²) in [5.41, 5.74) is 1.77. The summed E-state index contributed by atoms with van der Waals surface area (Å²) in [5.74, 6) is 0.0577. The predicted octanol–water partition coefficient (Wildman–Crippen LogP) is 3.74. The Labute approximate surface area is 133 Å². The molecule has 0 bridgehead atoms. The minimum Gasteiger partial charge on any atom is -0.332 e. The molecule has 0 fully saturated rings. The second-order valence-electron chi connectivity index (χ2n) is 4.90. The molecule has 0 aliphatic rings. The van der Waals surface area contributed by atoms with Crippen molar-refractivity contribution in [3.63, 3.8) is 0 Å². The van der Waals surface area contributed by atoms with Crippen LogP contribution in [0.2, 0.25) is 0 Å². The Morgan fingerprint density at radius 3 is 2.70 bits per heavy atom. The molecule has 2 rings (SSSR count). The first-order chi connectivity index (χ1) is 9.58. The Morgan fingerprint density at radius 2 is 2.10 bits per heavy atom. The minimum atomic E-state index is 0.0577. The largest absolute Gasteiger partial charge is 0.332 e. The van der Waals surface area contributed by atoms with Gasteiger partial charge < -0.3 is 4.90 Å². The van der Waals surface area contributed by atoms with E-state index in [0.717, 1.165) is 14.7 Å². The third-order valence-electron chi connectivity index (χ3n) is 3.03. The lowest BCUT2D eigenvalue weighted by atomic mass is 10.1. The van der Waals surface area contributed by atoms with Crippen molar-refractivity contribution in [1.29, 1.82) is 0 Å². The number of aromatic nitrogens is 1. The summed E-state index contributed by atoms with van der Waals surface area (Å²) in [6.45, 7) is 4.64. The van der Waals surface area contributed by atoms with Crippen LogP contribution in [0.1, 0.15) is 29.8 Å². The zero-order valence-electron chi connectivity index (χ0n) is 11.6. The average Bonchev–Trinajstić information content (AvgIpc) is 2.45. The molecule has 0 N–H and O–H groups in total. The van der Waals surface area contributed by atoms with Crippen molar-refractivity contribution < 1.29 is 4.79 Å². The van der Waals surface area contributed by atoms with Crippen molar-refractivity contribution >= 4 is 28.5 Å². The maximum absolute atomic E-state index is 12.6. The predicted molar refractivity (Wildman–Crippen MR) is 88.4 cm³/mol. The van der Waals surface area contributed by atoms with Gasteiger partial charge in [-0.3, -0.25) is 9.78 Å². The highest BCUT2D eigenvalue weighted by molar-refractivity contribution is 14.1. The fraction of sp³-hybridized carbons (Fsp3) is 0.250. The van der Waals surface area contributed by atoms with Crippen LogP contribution in [0.5, 0.6) is 0 Å². The molecule has 0 saturated carbocycles. The molecule has 0 unspecified atom stereocenters. The monoisotopic (exact) mass is 380 g/mol. The summed E-state index contributed by atoms with van der Waals surface area (Å²) in [6.07, 6.45) is 3.54. The van der Waals surface area contributed by atoms with Gasteiger partial charge in [0.2, 0.25) is 0 Å². The van der Waals surface area contributed by atoms with E-state index < -0.39 is 0 Å². The zero-order valence-corrected chi connectivity index (χ0v) is 13.7. The lowest BCUT2D eigenvalue weighted by Gasteiger charge is -2.27. The van der Waals surface area contributed by atoms with Gasteiger partial charge in [-0.05, 0) is 66.3 Å². The summed E-state index contributed by atoms with van der Waals surface area (Å²) in [6, 6.07) is 11.7. The molecule has 2 aromatic rings. The number of pyridine rings is 1. The lowest BCUT2D eigenvalue weighted by molar-refractivity contribution is 0.0690. The molecule has 0 spiro atoms. The number of halogens is 1. The van der Waals surface area contributed by atoms with Crippen molar-refractivity contribution in [2.75, 3.05) is 0 Å². The summed E-state index contributed by atoms with van der Waals surface area (Å²) in [7, 11) is 0. The summed E-state index contributed by atoms with van der Waals surface area (Å²) in [4.78, 5) is 18.6. The molecular formula is C16H17IN2O. The van der Waals surface area contributed by atoms with Crippen molar-refractivity contribution in [1.82, 2.24) is 9.88 Å². The molecule has 1 aromatic heterocycles. The Morgan fingerprint density at radius 1 is 1.30 bits per heavy atom. The van der Waals surface area contributed by atoms with E-state index in [2.05, 4.69) is 27.6 Å². The number of amides is 1. The molecule has 0 aliphatic carbocycles. The third kappa shape index (κ3) is 3.79. The van der Waals surface area contributed by atoms with Crippen molar-refractivity contribution in [3.8, 4) is 0 Å². The Hall–Kier alpha value is -1.43. The highest BCUT2D eigenvalue weighted by Gasteiger charge is 2.19. The summed E-state index contributed by atoms with van der Waals surface area (Å²) in [5, 5.41) is 0. The van der Waals surface area contributed by atoms with E-state index in [4.69, 9.17) is 0 Å². The molecule has 0 aliphatic heterocycles. The minimum absolute atomic E-state index is 0.0577. The van der Waals surface area contributed by atoms with Crippen LogP contribution >= 0.6 is 22.6 Å². The molecule has 20 heavy (non-hydrogen) atoms. The molecule has 0 radical (unpaired) electrons. The smallest absolute Gasteiger partial charge is 0.254 e. The number of nitrogens with zero attached hydrogens (tertiary/aromatic N) is 2. The van der Waals surface area contributed by atoms with Crippen molar-refractivity contribution in [2.45, 2.75) is 26.4 Å². The second kappa shape index (κ2) is 6.83. The van der Waals surface area contributed by atoms with Gasteiger partial charge in [0.05, 0.1) is 0 Å². The average molecular weight is 380 g/mol. The van der Waals surface area contributed by atoms with Gasteiger partial charge in [0.25, 0.3) is 5.91 Å². The lowest BCUT2D eigenvalue weighted by Crippen LogP contribution is -2.36. The topological polar surface area (TPSA) is 33.2 Å². The number of benzene rings is 1. The highest BCUT2D eigenvalue weighted by atomic mass is 127. The number of carbonyl (C=O) groups excluding carboxylic acids is 1. The number of hydrogen-bond acceptors (Lipinski definition) is 2. The fourth-order valence-corrected chi connectivity index (χ4v) is 2.51. The van der Waals surface area contributed by atoms with Crippen LogP contribution < -0.4 is 0 Å². The van der Waals surface area contributed by atoms with Gasteiger partial charge in [-0.25, -0.2) is 0 Å². The van der Waals surface area contributed by atoms with Gasteiger partial charge in [-0.1, -0.05) is 12.1 Å². The van der Waals surface area contributed by atoms with Crippen LogP contribution in [0.3, 0.4) is 0 Å². The van der Waals surface area contributed by atoms with Crippen LogP contribution in [0.15, 0.2) is 48.8 Å². The first-order valence-corrected chi connectivity index (χ1v) is 7.61. The van der Waals surface area contributed by atoms with E-state index in [9.17, 15) is 4.79 Å². The SMILES string of the molecule is CC(C)N(Cc1cccnc1)C(=O)c1cccc(I)c1. The van der Waals surface area contributed by atoms with Crippen LogP contribution in [0, 0.1) is 3.57 Å². The Kier molecular flexibility index (Phi) is 5.11. The van der Waals surface area contributed by atoms with Gasteiger partial charge in [0, 0.05) is 34.1 Å². The third-order valence-corrected chi connectivity index (χ3v) is 3.70. The summed E-state index contributed by atoms with van der Waals surface area (Å²) < 4.78 is 1.07. The molecule has 3 nitrogen and oxygen atoms in total. The maximum atomic E-state index is 12.6. The second-order valence-corrected chi connectivity index (χ2v) is 6.14. The molecule has 0 atom stereocenters.